The van der Waals surface area contributed by atoms with Gasteiger partial charge in [0.15, 0.2) is 5.12 Å². The van der Waals surface area contributed by atoms with E-state index in [-0.39, 0.29) is 22.0 Å². The molecule has 0 radical (unpaired) electrons. The summed E-state index contributed by atoms with van der Waals surface area (Å²) >= 11 is 1.22. The maximum Gasteiger partial charge on any atom is 0.224 e. The van der Waals surface area contributed by atoms with Crippen LogP contribution in [0.2, 0.25) is 0 Å². The van der Waals surface area contributed by atoms with Gasteiger partial charge in [0, 0.05) is 37.2 Å². The molecular formula is C13H15NO3S. The van der Waals surface area contributed by atoms with Gasteiger partial charge in [0.25, 0.3) is 0 Å². The van der Waals surface area contributed by atoms with E-state index in [1.165, 1.54) is 18.7 Å². The van der Waals surface area contributed by atoms with Crippen LogP contribution in [0.15, 0.2) is 24.3 Å². The topological polar surface area (TPSA) is 57.6 Å². The molecule has 1 aromatic carbocycles. The number of thioether (sulfide) groups is 1. The highest BCUT2D eigenvalue weighted by Gasteiger charge is 2.31. The molecule has 0 saturated carbocycles. The van der Waals surface area contributed by atoms with Crippen LogP contribution in [0.4, 0.5) is 0 Å². The van der Waals surface area contributed by atoms with Gasteiger partial charge in [0.1, 0.15) is 5.75 Å². The van der Waals surface area contributed by atoms with Crippen molar-refractivity contribution in [1.29, 1.82) is 0 Å². The van der Waals surface area contributed by atoms with Crippen molar-refractivity contribution in [2.45, 2.75) is 25.1 Å². The molecule has 0 aliphatic carbocycles. The van der Waals surface area contributed by atoms with Crippen LogP contribution >= 0.6 is 11.8 Å². The summed E-state index contributed by atoms with van der Waals surface area (Å²) in [5.41, 5.74) is 0.735. The van der Waals surface area contributed by atoms with Crippen LogP contribution in [0.1, 0.15) is 18.9 Å². The van der Waals surface area contributed by atoms with Crippen LogP contribution in [0.25, 0.3) is 0 Å². The summed E-state index contributed by atoms with van der Waals surface area (Å²) in [6.07, 6.45) is 0.401. The minimum Gasteiger partial charge on any atom is -0.508 e. The van der Waals surface area contributed by atoms with Crippen molar-refractivity contribution >= 4 is 22.8 Å². The summed E-state index contributed by atoms with van der Waals surface area (Å²) in [5, 5.41) is 9.75. The molecule has 0 bridgehead atoms. The third kappa shape index (κ3) is 3.04. The van der Waals surface area contributed by atoms with E-state index < -0.39 is 0 Å². The van der Waals surface area contributed by atoms with Crippen LogP contribution in [0, 0.1) is 0 Å². The van der Waals surface area contributed by atoms with E-state index in [1.807, 2.05) is 6.07 Å². The monoisotopic (exact) mass is 265 g/mol. The fourth-order valence-corrected chi connectivity index (χ4v) is 3.00. The lowest BCUT2D eigenvalue weighted by atomic mass is 10.2. The largest absolute Gasteiger partial charge is 0.508 e. The Morgan fingerprint density at radius 2 is 2.22 bits per heavy atom. The summed E-state index contributed by atoms with van der Waals surface area (Å²) < 4.78 is 0. The number of phenols is 1. The van der Waals surface area contributed by atoms with E-state index in [2.05, 4.69) is 0 Å². The molecule has 1 aliphatic heterocycles. The van der Waals surface area contributed by atoms with E-state index in [9.17, 15) is 14.7 Å². The van der Waals surface area contributed by atoms with Gasteiger partial charge in [0.2, 0.25) is 5.91 Å². The standard InChI is InChI=1S/C13H15NO3S/c1-9(15)18-11-6-13(17)14(8-11)7-10-4-2-3-5-12(10)16/h2-5,11,16H,6-8H2,1H3. The molecule has 1 heterocycles. The number of likely N-dealkylation sites (tertiary alicyclic amines) is 1. The molecule has 1 aromatic rings. The van der Waals surface area contributed by atoms with Gasteiger partial charge >= 0.3 is 0 Å². The molecule has 4 nitrogen and oxygen atoms in total. The first-order chi connectivity index (χ1) is 8.56. The lowest BCUT2D eigenvalue weighted by Gasteiger charge is -2.17. The van der Waals surface area contributed by atoms with Crippen LogP contribution in [0.3, 0.4) is 0 Å². The Morgan fingerprint density at radius 3 is 2.89 bits per heavy atom. The number of para-hydroxylation sites is 1. The van der Waals surface area contributed by atoms with Crippen molar-refractivity contribution in [3.63, 3.8) is 0 Å². The Hall–Kier alpha value is -1.49. The van der Waals surface area contributed by atoms with E-state index in [0.29, 0.717) is 19.5 Å². The van der Waals surface area contributed by atoms with E-state index in [0.717, 1.165) is 5.56 Å². The van der Waals surface area contributed by atoms with Gasteiger partial charge < -0.3 is 10.0 Å². The number of hydrogen-bond acceptors (Lipinski definition) is 4. The zero-order valence-electron chi connectivity index (χ0n) is 10.1. The Balaban J connectivity index is 2.01. The maximum absolute atomic E-state index is 11.8. The Bertz CT molecular complexity index is 475. The summed E-state index contributed by atoms with van der Waals surface area (Å²) in [6, 6.07) is 6.99. The summed E-state index contributed by atoms with van der Waals surface area (Å²) in [6.45, 7) is 2.48. The quantitative estimate of drug-likeness (QED) is 0.905. The number of hydrogen-bond donors (Lipinski definition) is 1. The van der Waals surface area contributed by atoms with Crippen LogP contribution < -0.4 is 0 Å². The summed E-state index contributed by atoms with van der Waals surface area (Å²) in [7, 11) is 0. The van der Waals surface area contributed by atoms with Crippen molar-refractivity contribution in [3.8, 4) is 5.75 Å². The summed E-state index contributed by atoms with van der Waals surface area (Å²) in [5.74, 6) is 0.241. The molecule has 1 saturated heterocycles. The molecule has 18 heavy (non-hydrogen) atoms. The molecule has 2 rings (SSSR count). The average molecular weight is 265 g/mol. The predicted octanol–water partition coefficient (Wildman–Crippen LogP) is 1.77. The first-order valence-electron chi connectivity index (χ1n) is 5.78. The second kappa shape index (κ2) is 5.44. The number of aromatic hydroxyl groups is 1. The highest BCUT2D eigenvalue weighted by atomic mass is 32.2. The number of carbonyl (C=O) groups is 2. The molecule has 5 heteroatoms. The van der Waals surface area contributed by atoms with Crippen molar-refractivity contribution in [2.24, 2.45) is 0 Å². The van der Waals surface area contributed by atoms with Crippen molar-refractivity contribution in [1.82, 2.24) is 4.90 Å². The van der Waals surface area contributed by atoms with Gasteiger partial charge in [-0.25, -0.2) is 0 Å². The second-order valence-corrected chi connectivity index (χ2v) is 5.82. The number of nitrogens with zero attached hydrogens (tertiary/aromatic N) is 1. The third-order valence-corrected chi connectivity index (χ3v) is 3.85. The molecule has 1 amide bonds. The fourth-order valence-electron chi connectivity index (χ4n) is 2.05. The van der Waals surface area contributed by atoms with Gasteiger partial charge in [-0.1, -0.05) is 30.0 Å². The van der Waals surface area contributed by atoms with Gasteiger partial charge in [0.05, 0.1) is 0 Å². The molecule has 0 aromatic heterocycles. The van der Waals surface area contributed by atoms with E-state index in [4.69, 9.17) is 0 Å². The molecular weight excluding hydrogens is 250 g/mol. The molecule has 1 unspecified atom stereocenters. The number of rotatable bonds is 3. The van der Waals surface area contributed by atoms with Gasteiger partial charge in [-0.15, -0.1) is 0 Å². The zero-order chi connectivity index (χ0) is 13.1. The minimum absolute atomic E-state index is 0.0389. The Morgan fingerprint density at radius 1 is 1.50 bits per heavy atom. The fraction of sp³-hybridized carbons (Fsp3) is 0.385. The molecule has 1 fully saturated rings. The highest BCUT2D eigenvalue weighted by Crippen LogP contribution is 2.27. The molecule has 1 N–H and O–H groups in total. The first-order valence-corrected chi connectivity index (χ1v) is 6.66. The molecule has 1 atom stereocenters. The number of carbonyl (C=O) groups excluding carboxylic acids is 2. The van der Waals surface area contributed by atoms with E-state index >= 15 is 0 Å². The SMILES string of the molecule is CC(=O)SC1CC(=O)N(Cc2ccccc2O)C1. The van der Waals surface area contributed by atoms with Gasteiger partial charge in [-0.2, -0.15) is 0 Å². The second-order valence-electron chi connectivity index (χ2n) is 4.34. The predicted molar refractivity (Wildman–Crippen MR) is 70.2 cm³/mol. The zero-order valence-corrected chi connectivity index (χ0v) is 10.9. The smallest absolute Gasteiger partial charge is 0.224 e. The maximum atomic E-state index is 11.8. The lowest BCUT2D eigenvalue weighted by Crippen LogP contribution is -2.25. The number of phenolic OH excluding ortho intramolecular Hbond substituents is 1. The highest BCUT2D eigenvalue weighted by molar-refractivity contribution is 8.14. The van der Waals surface area contributed by atoms with Crippen molar-refractivity contribution in [3.05, 3.63) is 29.8 Å². The van der Waals surface area contributed by atoms with Gasteiger partial charge in [-0.05, 0) is 6.07 Å². The van der Waals surface area contributed by atoms with Crippen LogP contribution in [-0.2, 0) is 16.1 Å². The average Bonchev–Trinajstić information content (AvgIpc) is 2.61. The molecule has 1 aliphatic rings. The molecule has 0 spiro atoms. The van der Waals surface area contributed by atoms with Crippen LogP contribution in [-0.4, -0.2) is 32.8 Å². The Labute approximate surface area is 110 Å². The molecule has 96 valence electrons. The normalized spacial score (nSPS) is 19.3. The van der Waals surface area contributed by atoms with Crippen molar-refractivity contribution in [2.75, 3.05) is 6.54 Å². The number of benzene rings is 1. The van der Waals surface area contributed by atoms with Crippen LogP contribution in [0.5, 0.6) is 5.75 Å². The van der Waals surface area contributed by atoms with Gasteiger partial charge in [-0.3, -0.25) is 9.59 Å². The first kappa shape index (κ1) is 13.0. The van der Waals surface area contributed by atoms with Crippen molar-refractivity contribution < 1.29 is 14.7 Å². The van der Waals surface area contributed by atoms with E-state index in [1.54, 1.807) is 23.1 Å². The summed E-state index contributed by atoms with van der Waals surface area (Å²) in [4.78, 5) is 24.5. The minimum atomic E-state index is 0.0389. The Kier molecular flexibility index (Phi) is 3.91. The third-order valence-electron chi connectivity index (χ3n) is 2.86. The lowest BCUT2D eigenvalue weighted by molar-refractivity contribution is -0.128. The number of amides is 1.